The highest BCUT2D eigenvalue weighted by molar-refractivity contribution is 6.06. The van der Waals surface area contributed by atoms with E-state index in [0.29, 0.717) is 12.8 Å². The van der Waals surface area contributed by atoms with Crippen LogP contribution in [0.5, 0.6) is 0 Å². The van der Waals surface area contributed by atoms with Crippen LogP contribution in [0.2, 0.25) is 0 Å². The molecule has 20 heavy (non-hydrogen) atoms. The highest BCUT2D eigenvalue weighted by atomic mass is 16.4. The van der Waals surface area contributed by atoms with Crippen molar-refractivity contribution in [1.82, 2.24) is 10.2 Å². The van der Waals surface area contributed by atoms with Crippen LogP contribution in [0.3, 0.4) is 0 Å². The van der Waals surface area contributed by atoms with Gasteiger partial charge in [0.1, 0.15) is 5.41 Å². The van der Waals surface area contributed by atoms with Crippen LogP contribution in [0.25, 0.3) is 0 Å². The van der Waals surface area contributed by atoms with Crippen molar-refractivity contribution in [3.8, 4) is 0 Å². The summed E-state index contributed by atoms with van der Waals surface area (Å²) in [7, 11) is 2.05. The lowest BCUT2D eigenvalue weighted by atomic mass is 9.78. The predicted octanol–water partition coefficient (Wildman–Crippen LogP) is 0.894. The Hall–Kier alpha value is -1.30. The summed E-state index contributed by atoms with van der Waals surface area (Å²) in [6, 6.07) is 0.180. The number of carbonyl (C=O) groups excluding carboxylic acids is 1. The lowest BCUT2D eigenvalue weighted by Gasteiger charge is -2.31. The van der Waals surface area contributed by atoms with Crippen molar-refractivity contribution in [2.24, 2.45) is 16.3 Å². The summed E-state index contributed by atoms with van der Waals surface area (Å²) in [5.41, 5.74) is 5.07. The monoisotopic (exact) mass is 282 g/mol. The van der Waals surface area contributed by atoms with Crippen LogP contribution in [-0.2, 0) is 4.79 Å². The molecule has 1 saturated carbocycles. The largest absolute Gasteiger partial charge is 0.409 e. The SMILES string of the molecule is CN1CCC(NC(=O)C2(C(N)=NO)CCCCCC2)C1. The first-order chi connectivity index (χ1) is 9.58. The number of hydrogen-bond donors (Lipinski definition) is 3. The third kappa shape index (κ3) is 3.06. The Kier molecular flexibility index (Phi) is 4.86. The molecule has 0 radical (unpaired) electrons. The number of nitrogens with zero attached hydrogens (tertiary/aromatic N) is 2. The first-order valence-corrected chi connectivity index (χ1v) is 7.56. The van der Waals surface area contributed by atoms with Gasteiger partial charge in [0, 0.05) is 12.6 Å². The van der Waals surface area contributed by atoms with Gasteiger partial charge in [0.05, 0.1) is 0 Å². The maximum Gasteiger partial charge on any atom is 0.234 e. The second kappa shape index (κ2) is 6.43. The van der Waals surface area contributed by atoms with Crippen LogP contribution in [0.1, 0.15) is 44.9 Å². The van der Waals surface area contributed by atoms with E-state index >= 15 is 0 Å². The van der Waals surface area contributed by atoms with E-state index in [9.17, 15) is 4.79 Å². The van der Waals surface area contributed by atoms with Gasteiger partial charge in [-0.05, 0) is 32.9 Å². The van der Waals surface area contributed by atoms with Gasteiger partial charge in [-0.15, -0.1) is 0 Å². The molecule has 1 amide bonds. The van der Waals surface area contributed by atoms with E-state index < -0.39 is 5.41 Å². The van der Waals surface area contributed by atoms with Crippen LogP contribution in [0.15, 0.2) is 5.16 Å². The number of nitrogens with one attached hydrogen (secondary N) is 1. The summed E-state index contributed by atoms with van der Waals surface area (Å²) in [5, 5.41) is 15.3. The van der Waals surface area contributed by atoms with Crippen molar-refractivity contribution in [1.29, 1.82) is 0 Å². The molecule has 2 aliphatic rings. The lowest BCUT2D eigenvalue weighted by Crippen LogP contribution is -2.52. The standard InChI is InChI=1S/C14H26N4O2/c1-18-9-6-11(10-18)16-13(19)14(12(15)17-20)7-4-2-3-5-8-14/h11,20H,2-10H2,1H3,(H2,15,17)(H,16,19). The lowest BCUT2D eigenvalue weighted by molar-refractivity contribution is -0.129. The second-order valence-corrected chi connectivity index (χ2v) is 6.20. The molecule has 6 nitrogen and oxygen atoms in total. The topological polar surface area (TPSA) is 91.0 Å². The van der Waals surface area contributed by atoms with E-state index in [1.807, 2.05) is 0 Å². The van der Waals surface area contributed by atoms with E-state index in [4.69, 9.17) is 10.9 Å². The van der Waals surface area contributed by atoms with E-state index in [0.717, 1.165) is 45.2 Å². The predicted molar refractivity (Wildman–Crippen MR) is 77.6 cm³/mol. The van der Waals surface area contributed by atoms with Gasteiger partial charge in [-0.3, -0.25) is 4.79 Å². The van der Waals surface area contributed by atoms with Gasteiger partial charge < -0.3 is 21.2 Å². The maximum atomic E-state index is 12.7. The fourth-order valence-corrected chi connectivity index (χ4v) is 3.40. The Morgan fingerprint density at radius 1 is 1.35 bits per heavy atom. The number of nitrogens with two attached hydrogens (primary N) is 1. The number of likely N-dealkylation sites (tertiary alicyclic amines) is 1. The first-order valence-electron chi connectivity index (χ1n) is 7.56. The van der Waals surface area contributed by atoms with Gasteiger partial charge in [-0.2, -0.15) is 0 Å². The minimum absolute atomic E-state index is 0.0602. The molecule has 1 unspecified atom stereocenters. The van der Waals surface area contributed by atoms with Gasteiger partial charge >= 0.3 is 0 Å². The van der Waals surface area contributed by atoms with E-state index in [-0.39, 0.29) is 17.8 Å². The van der Waals surface area contributed by atoms with Crippen LogP contribution in [0, 0.1) is 5.41 Å². The second-order valence-electron chi connectivity index (χ2n) is 6.20. The first kappa shape index (κ1) is 15.1. The molecule has 2 rings (SSSR count). The molecule has 1 atom stereocenters. The average molecular weight is 282 g/mol. The Balaban J connectivity index is 2.11. The smallest absolute Gasteiger partial charge is 0.234 e. The van der Waals surface area contributed by atoms with Gasteiger partial charge in [-0.1, -0.05) is 30.8 Å². The zero-order valence-corrected chi connectivity index (χ0v) is 12.3. The molecule has 1 aliphatic carbocycles. The maximum absolute atomic E-state index is 12.7. The average Bonchev–Trinajstić information content (AvgIpc) is 2.70. The fourth-order valence-electron chi connectivity index (χ4n) is 3.40. The van der Waals surface area contributed by atoms with Gasteiger partial charge in [0.15, 0.2) is 5.84 Å². The van der Waals surface area contributed by atoms with Crippen molar-refractivity contribution >= 4 is 11.7 Å². The normalized spacial score (nSPS) is 28.1. The minimum Gasteiger partial charge on any atom is -0.409 e. The highest BCUT2D eigenvalue weighted by Crippen LogP contribution is 2.36. The Labute approximate surface area is 120 Å². The summed E-state index contributed by atoms with van der Waals surface area (Å²) < 4.78 is 0. The van der Waals surface area contributed by atoms with E-state index in [1.165, 1.54) is 0 Å². The fraction of sp³-hybridized carbons (Fsp3) is 0.857. The molecule has 1 aliphatic heterocycles. The number of rotatable bonds is 3. The van der Waals surface area contributed by atoms with Crippen molar-refractivity contribution in [3.63, 3.8) is 0 Å². The third-order valence-corrected chi connectivity index (χ3v) is 4.72. The minimum atomic E-state index is -0.813. The number of oxime groups is 1. The summed E-state index contributed by atoms with van der Waals surface area (Å²) in [5.74, 6) is 0.0123. The molecule has 0 aromatic carbocycles. The summed E-state index contributed by atoms with van der Waals surface area (Å²) in [6.07, 6.45) is 6.45. The van der Waals surface area contributed by atoms with Crippen LogP contribution >= 0.6 is 0 Å². The molecule has 4 N–H and O–H groups in total. The third-order valence-electron chi connectivity index (χ3n) is 4.72. The Bertz CT molecular complexity index is 375. The van der Waals surface area contributed by atoms with E-state index in [2.05, 4.69) is 22.4 Å². The number of amidine groups is 1. The zero-order chi connectivity index (χ0) is 14.6. The summed E-state index contributed by atoms with van der Waals surface area (Å²) in [6.45, 7) is 1.87. The van der Waals surface area contributed by atoms with E-state index in [1.54, 1.807) is 0 Å². The molecule has 2 fully saturated rings. The van der Waals surface area contributed by atoms with Gasteiger partial charge in [0.25, 0.3) is 0 Å². The number of carbonyl (C=O) groups is 1. The molecule has 114 valence electrons. The quantitative estimate of drug-likeness (QED) is 0.236. The molecular formula is C14H26N4O2. The number of hydrogen-bond acceptors (Lipinski definition) is 4. The molecule has 0 spiro atoms. The number of amides is 1. The van der Waals surface area contributed by atoms with Gasteiger partial charge in [-0.25, -0.2) is 0 Å². The molecule has 6 heteroatoms. The summed E-state index contributed by atoms with van der Waals surface area (Å²) in [4.78, 5) is 14.9. The van der Waals surface area contributed by atoms with Crippen LogP contribution in [-0.4, -0.2) is 48.0 Å². The van der Waals surface area contributed by atoms with Gasteiger partial charge in [0.2, 0.25) is 5.91 Å². The Morgan fingerprint density at radius 2 is 2.00 bits per heavy atom. The zero-order valence-electron chi connectivity index (χ0n) is 12.3. The molecule has 0 aromatic heterocycles. The van der Waals surface area contributed by atoms with Crippen molar-refractivity contribution in [2.75, 3.05) is 20.1 Å². The van der Waals surface area contributed by atoms with Crippen molar-refractivity contribution in [3.05, 3.63) is 0 Å². The number of likely N-dealkylation sites (N-methyl/N-ethyl adjacent to an activating group) is 1. The molecule has 1 saturated heterocycles. The molecular weight excluding hydrogens is 256 g/mol. The highest BCUT2D eigenvalue weighted by Gasteiger charge is 2.44. The van der Waals surface area contributed by atoms with Crippen LogP contribution < -0.4 is 11.1 Å². The summed E-state index contributed by atoms with van der Waals surface area (Å²) >= 11 is 0. The van der Waals surface area contributed by atoms with Crippen LogP contribution in [0.4, 0.5) is 0 Å². The molecule has 1 heterocycles. The molecule has 0 bridgehead atoms. The van der Waals surface area contributed by atoms with Crippen molar-refractivity contribution < 1.29 is 10.0 Å². The molecule has 0 aromatic rings. The van der Waals surface area contributed by atoms with Crippen molar-refractivity contribution in [2.45, 2.75) is 51.0 Å². The Morgan fingerprint density at radius 3 is 2.50 bits per heavy atom.